The van der Waals surface area contributed by atoms with Gasteiger partial charge in [0.1, 0.15) is 5.69 Å². The quantitative estimate of drug-likeness (QED) is 0.896. The van der Waals surface area contributed by atoms with Crippen LogP contribution in [-0.4, -0.2) is 23.6 Å². The first kappa shape index (κ1) is 15.6. The van der Waals surface area contributed by atoms with Gasteiger partial charge in [-0.2, -0.15) is 13.2 Å². The smallest absolute Gasteiger partial charge is 0.378 e. The maximum absolute atomic E-state index is 12.5. The SMILES string of the molecule is O=C(CC[C@@H]1CCCO1)Nc1cc(C(F)(F)F)c[nH]c1=O. The molecular weight excluding hydrogens is 289 g/mol. The number of carbonyl (C=O) groups excluding carboxylic acids is 1. The molecule has 1 aliphatic rings. The second-order valence-corrected chi connectivity index (χ2v) is 4.85. The summed E-state index contributed by atoms with van der Waals surface area (Å²) in [5, 5.41) is 2.21. The number of hydrogen-bond acceptors (Lipinski definition) is 3. The second-order valence-electron chi connectivity index (χ2n) is 4.85. The summed E-state index contributed by atoms with van der Waals surface area (Å²) in [6, 6.07) is 0.628. The van der Waals surface area contributed by atoms with Crippen molar-refractivity contribution in [2.75, 3.05) is 11.9 Å². The molecule has 1 atom stereocenters. The Morgan fingerprint density at radius 3 is 2.86 bits per heavy atom. The van der Waals surface area contributed by atoms with Crippen LogP contribution in [0.1, 0.15) is 31.2 Å². The summed E-state index contributed by atoms with van der Waals surface area (Å²) in [6.45, 7) is 0.666. The molecule has 1 fully saturated rings. The van der Waals surface area contributed by atoms with Gasteiger partial charge in [-0.1, -0.05) is 0 Å². The average molecular weight is 304 g/mol. The number of hydrogen-bond donors (Lipinski definition) is 2. The fourth-order valence-electron chi connectivity index (χ4n) is 2.12. The summed E-state index contributed by atoms with van der Waals surface area (Å²) in [7, 11) is 0. The molecule has 2 rings (SSSR count). The molecule has 1 saturated heterocycles. The number of carbonyl (C=O) groups is 1. The van der Waals surface area contributed by atoms with Crippen molar-refractivity contribution in [3.8, 4) is 0 Å². The van der Waals surface area contributed by atoms with Crippen LogP contribution >= 0.6 is 0 Å². The van der Waals surface area contributed by atoms with E-state index in [1.165, 1.54) is 0 Å². The lowest BCUT2D eigenvalue weighted by Crippen LogP contribution is -2.22. The van der Waals surface area contributed by atoms with Gasteiger partial charge in [0, 0.05) is 19.2 Å². The lowest BCUT2D eigenvalue weighted by Gasteiger charge is -2.10. The molecule has 116 valence electrons. The maximum Gasteiger partial charge on any atom is 0.417 e. The molecule has 0 spiro atoms. The summed E-state index contributed by atoms with van der Waals surface area (Å²) in [6.07, 6.45) is -1.60. The summed E-state index contributed by atoms with van der Waals surface area (Å²) in [4.78, 5) is 25.1. The van der Waals surface area contributed by atoms with Gasteiger partial charge < -0.3 is 15.0 Å². The minimum atomic E-state index is -4.58. The Morgan fingerprint density at radius 2 is 2.24 bits per heavy atom. The number of anilines is 1. The molecule has 1 aliphatic heterocycles. The third-order valence-electron chi connectivity index (χ3n) is 3.22. The first-order valence-corrected chi connectivity index (χ1v) is 6.57. The Hall–Kier alpha value is -1.83. The number of aromatic amines is 1. The lowest BCUT2D eigenvalue weighted by atomic mass is 10.1. The topological polar surface area (TPSA) is 71.2 Å². The Bertz CT molecular complexity index is 563. The van der Waals surface area contributed by atoms with E-state index in [4.69, 9.17) is 4.74 Å². The summed E-state index contributed by atoms with van der Waals surface area (Å²) < 4.78 is 43.0. The van der Waals surface area contributed by atoms with E-state index in [0.717, 1.165) is 12.8 Å². The zero-order valence-corrected chi connectivity index (χ0v) is 11.1. The van der Waals surface area contributed by atoms with Crippen LogP contribution in [0.5, 0.6) is 0 Å². The molecule has 0 aromatic carbocycles. The van der Waals surface area contributed by atoms with Gasteiger partial charge in [0.2, 0.25) is 5.91 Å². The van der Waals surface area contributed by atoms with Crippen LogP contribution in [0.25, 0.3) is 0 Å². The molecule has 0 unspecified atom stereocenters. The molecule has 0 radical (unpaired) electrons. The Balaban J connectivity index is 1.97. The van der Waals surface area contributed by atoms with Crippen LogP contribution < -0.4 is 10.9 Å². The minimum absolute atomic E-state index is 0.00976. The van der Waals surface area contributed by atoms with Crippen molar-refractivity contribution in [3.63, 3.8) is 0 Å². The van der Waals surface area contributed by atoms with E-state index < -0.39 is 28.9 Å². The standard InChI is InChI=1S/C13H15F3N2O3/c14-13(15,16)8-6-10(12(20)17-7-8)18-11(19)4-3-9-2-1-5-21-9/h6-7,9H,1-5H2,(H,17,20)(H,18,19)/t9-/m0/s1. The van der Waals surface area contributed by atoms with Crippen LogP contribution in [0, 0.1) is 0 Å². The van der Waals surface area contributed by atoms with Crippen molar-refractivity contribution >= 4 is 11.6 Å². The van der Waals surface area contributed by atoms with Crippen molar-refractivity contribution in [3.05, 3.63) is 28.2 Å². The molecule has 21 heavy (non-hydrogen) atoms. The zero-order valence-electron chi connectivity index (χ0n) is 11.1. The van der Waals surface area contributed by atoms with E-state index in [1.54, 1.807) is 0 Å². The van der Waals surface area contributed by atoms with E-state index in [1.807, 2.05) is 4.98 Å². The zero-order chi connectivity index (χ0) is 15.5. The Labute approximate surface area is 118 Å². The highest BCUT2D eigenvalue weighted by molar-refractivity contribution is 5.90. The Morgan fingerprint density at radius 1 is 1.48 bits per heavy atom. The van der Waals surface area contributed by atoms with Crippen LogP contribution in [0.3, 0.4) is 0 Å². The number of H-pyrrole nitrogens is 1. The van der Waals surface area contributed by atoms with Crippen molar-refractivity contribution in [1.82, 2.24) is 4.98 Å². The normalized spacial score (nSPS) is 18.7. The summed E-state index contributed by atoms with van der Waals surface area (Å²) in [5.41, 5.74) is -2.19. The van der Waals surface area contributed by atoms with Crippen molar-refractivity contribution in [1.29, 1.82) is 0 Å². The van der Waals surface area contributed by atoms with Gasteiger partial charge in [-0.3, -0.25) is 9.59 Å². The third kappa shape index (κ3) is 4.32. The van der Waals surface area contributed by atoms with Crippen LogP contribution in [-0.2, 0) is 15.7 Å². The van der Waals surface area contributed by atoms with Gasteiger partial charge in [-0.25, -0.2) is 0 Å². The monoisotopic (exact) mass is 304 g/mol. The van der Waals surface area contributed by atoms with Crippen LogP contribution in [0.4, 0.5) is 18.9 Å². The van der Waals surface area contributed by atoms with Crippen molar-refractivity contribution in [2.24, 2.45) is 0 Å². The lowest BCUT2D eigenvalue weighted by molar-refractivity contribution is -0.137. The number of nitrogens with one attached hydrogen (secondary N) is 2. The summed E-state index contributed by atoms with van der Waals surface area (Å²) >= 11 is 0. The molecule has 1 aromatic rings. The van der Waals surface area contributed by atoms with Gasteiger partial charge in [0.05, 0.1) is 11.7 Å². The second kappa shape index (κ2) is 6.30. The molecule has 2 N–H and O–H groups in total. The molecule has 2 heterocycles. The minimum Gasteiger partial charge on any atom is -0.378 e. The van der Waals surface area contributed by atoms with Crippen molar-refractivity contribution in [2.45, 2.75) is 38.0 Å². The maximum atomic E-state index is 12.5. The molecule has 1 amide bonds. The molecule has 1 aromatic heterocycles. The number of halogens is 3. The summed E-state index contributed by atoms with van der Waals surface area (Å²) in [5.74, 6) is -0.504. The predicted molar refractivity (Wildman–Crippen MR) is 68.9 cm³/mol. The highest BCUT2D eigenvalue weighted by atomic mass is 19.4. The fourth-order valence-corrected chi connectivity index (χ4v) is 2.12. The largest absolute Gasteiger partial charge is 0.417 e. The first-order chi connectivity index (χ1) is 9.86. The van der Waals surface area contributed by atoms with E-state index in [0.29, 0.717) is 25.3 Å². The molecule has 0 saturated carbocycles. The fraction of sp³-hybridized carbons (Fsp3) is 0.538. The highest BCUT2D eigenvalue weighted by Crippen LogP contribution is 2.29. The third-order valence-corrected chi connectivity index (χ3v) is 3.22. The number of ether oxygens (including phenoxy) is 1. The predicted octanol–water partition coefficient (Wildman–Crippen LogP) is 2.29. The molecule has 0 bridgehead atoms. The van der Waals surface area contributed by atoms with Crippen LogP contribution in [0.2, 0.25) is 0 Å². The van der Waals surface area contributed by atoms with Gasteiger partial charge >= 0.3 is 6.18 Å². The number of amides is 1. The molecule has 8 heteroatoms. The van der Waals surface area contributed by atoms with E-state index in [-0.39, 0.29) is 12.5 Å². The molecule has 0 aliphatic carbocycles. The van der Waals surface area contributed by atoms with Crippen LogP contribution in [0.15, 0.2) is 17.1 Å². The number of pyridine rings is 1. The number of rotatable bonds is 4. The Kier molecular flexibility index (Phi) is 4.66. The number of aromatic nitrogens is 1. The van der Waals surface area contributed by atoms with E-state index >= 15 is 0 Å². The van der Waals surface area contributed by atoms with Gasteiger partial charge in [0.15, 0.2) is 0 Å². The first-order valence-electron chi connectivity index (χ1n) is 6.57. The average Bonchev–Trinajstić information content (AvgIpc) is 2.91. The van der Waals surface area contributed by atoms with E-state index in [2.05, 4.69) is 5.32 Å². The van der Waals surface area contributed by atoms with Gasteiger partial charge in [-0.15, -0.1) is 0 Å². The van der Waals surface area contributed by atoms with E-state index in [9.17, 15) is 22.8 Å². The number of alkyl halides is 3. The molecule has 5 nitrogen and oxygen atoms in total. The highest BCUT2D eigenvalue weighted by Gasteiger charge is 2.31. The molecular formula is C13H15F3N2O3. The van der Waals surface area contributed by atoms with Crippen molar-refractivity contribution < 1.29 is 22.7 Å². The van der Waals surface area contributed by atoms with Gasteiger partial charge in [0.25, 0.3) is 5.56 Å². The van der Waals surface area contributed by atoms with Gasteiger partial charge in [-0.05, 0) is 25.3 Å².